The van der Waals surface area contributed by atoms with Gasteiger partial charge in [-0.1, -0.05) is 30.1 Å². The molecule has 1 atom stereocenters. The maximum atomic E-state index is 10.5. The molecule has 0 spiro atoms. The lowest BCUT2D eigenvalue weighted by molar-refractivity contribution is -0.136. The van der Waals surface area contributed by atoms with Crippen molar-refractivity contribution in [2.75, 3.05) is 12.4 Å². The number of carboxylic acids is 1. The summed E-state index contributed by atoms with van der Waals surface area (Å²) in [7, 11) is 0. The molecular weight excluding hydrogens is 295 g/mol. The Kier molecular flexibility index (Phi) is 6.68. The molecule has 100 valence electrons. The van der Waals surface area contributed by atoms with Gasteiger partial charge in [0.2, 0.25) is 0 Å². The minimum atomic E-state index is -0.781. The summed E-state index contributed by atoms with van der Waals surface area (Å²) in [5.74, 6) is 0.525. The number of hydrogen-bond donors (Lipinski definition) is 1. The lowest BCUT2D eigenvalue weighted by Crippen LogP contribution is -2.09. The summed E-state index contributed by atoms with van der Waals surface area (Å²) in [5, 5.41) is 9.73. The van der Waals surface area contributed by atoms with Gasteiger partial charge in [0.15, 0.2) is 0 Å². The van der Waals surface area contributed by atoms with Gasteiger partial charge in [-0.15, -0.1) is 0 Å². The standard InChI is InChI=1S/C12H14Cl2O3S/c1-8(6-12(15)16)18-5-4-17-11-3-2-9(13)7-10(11)14/h2-3,7-8H,4-6H2,1H3,(H,15,16). The molecule has 0 saturated heterocycles. The first-order valence-electron chi connectivity index (χ1n) is 5.40. The normalized spacial score (nSPS) is 12.2. The van der Waals surface area contributed by atoms with E-state index in [2.05, 4.69) is 0 Å². The number of ether oxygens (including phenoxy) is 1. The van der Waals surface area contributed by atoms with Crippen LogP contribution in [0.4, 0.5) is 0 Å². The fourth-order valence-corrected chi connectivity index (χ4v) is 2.60. The molecule has 18 heavy (non-hydrogen) atoms. The summed E-state index contributed by atoms with van der Waals surface area (Å²) >= 11 is 13.3. The smallest absolute Gasteiger partial charge is 0.304 e. The monoisotopic (exact) mass is 308 g/mol. The largest absolute Gasteiger partial charge is 0.491 e. The van der Waals surface area contributed by atoms with Crippen LogP contribution in [0.25, 0.3) is 0 Å². The van der Waals surface area contributed by atoms with Gasteiger partial charge in [0.25, 0.3) is 0 Å². The van der Waals surface area contributed by atoms with Gasteiger partial charge in [-0.05, 0) is 18.2 Å². The van der Waals surface area contributed by atoms with Crippen LogP contribution < -0.4 is 4.74 Å². The van der Waals surface area contributed by atoms with Crippen molar-refractivity contribution in [1.82, 2.24) is 0 Å². The Morgan fingerprint density at radius 2 is 2.22 bits per heavy atom. The van der Waals surface area contributed by atoms with E-state index in [9.17, 15) is 4.79 Å². The minimum absolute atomic E-state index is 0.0757. The van der Waals surface area contributed by atoms with Crippen LogP contribution in [0.1, 0.15) is 13.3 Å². The Morgan fingerprint density at radius 3 is 2.83 bits per heavy atom. The third kappa shape index (κ3) is 5.85. The number of thioether (sulfide) groups is 1. The third-order valence-electron chi connectivity index (χ3n) is 2.10. The van der Waals surface area contributed by atoms with Crippen LogP contribution in [0.2, 0.25) is 10.0 Å². The quantitative estimate of drug-likeness (QED) is 0.774. The number of aliphatic carboxylic acids is 1. The Labute approximate surface area is 120 Å². The lowest BCUT2D eigenvalue weighted by Gasteiger charge is -2.10. The second-order valence-electron chi connectivity index (χ2n) is 3.70. The second kappa shape index (κ2) is 7.77. The number of benzene rings is 1. The highest BCUT2D eigenvalue weighted by atomic mass is 35.5. The van der Waals surface area contributed by atoms with E-state index < -0.39 is 5.97 Å². The molecule has 0 aliphatic heterocycles. The van der Waals surface area contributed by atoms with Crippen LogP contribution in [0.5, 0.6) is 5.75 Å². The molecular formula is C12H14Cl2O3S. The zero-order chi connectivity index (χ0) is 13.5. The topological polar surface area (TPSA) is 46.5 Å². The van der Waals surface area contributed by atoms with Crippen LogP contribution in [0.15, 0.2) is 18.2 Å². The Bertz CT molecular complexity index is 412. The fourth-order valence-electron chi connectivity index (χ4n) is 1.30. The van der Waals surface area contributed by atoms with Gasteiger partial charge in [0, 0.05) is 16.0 Å². The van der Waals surface area contributed by atoms with Crippen LogP contribution in [-0.2, 0) is 4.79 Å². The maximum Gasteiger partial charge on any atom is 0.304 e. The van der Waals surface area contributed by atoms with Crippen LogP contribution >= 0.6 is 35.0 Å². The third-order valence-corrected chi connectivity index (χ3v) is 3.77. The van der Waals surface area contributed by atoms with Gasteiger partial charge in [-0.3, -0.25) is 4.79 Å². The number of hydrogen-bond acceptors (Lipinski definition) is 3. The lowest BCUT2D eigenvalue weighted by atomic mass is 10.3. The maximum absolute atomic E-state index is 10.5. The molecule has 1 N–H and O–H groups in total. The second-order valence-corrected chi connectivity index (χ2v) is 6.09. The van der Waals surface area contributed by atoms with Crippen molar-refractivity contribution in [1.29, 1.82) is 0 Å². The molecule has 6 heteroatoms. The molecule has 1 aromatic rings. The highest BCUT2D eigenvalue weighted by Gasteiger charge is 2.08. The fraction of sp³-hybridized carbons (Fsp3) is 0.417. The average molecular weight is 309 g/mol. The van der Waals surface area contributed by atoms with Crippen molar-refractivity contribution in [2.45, 2.75) is 18.6 Å². The Morgan fingerprint density at radius 1 is 1.50 bits per heavy atom. The molecule has 0 bridgehead atoms. The van der Waals surface area contributed by atoms with Crippen molar-refractivity contribution in [3.63, 3.8) is 0 Å². The molecule has 1 unspecified atom stereocenters. The van der Waals surface area contributed by atoms with Crippen molar-refractivity contribution in [3.05, 3.63) is 28.2 Å². The van der Waals surface area contributed by atoms with E-state index >= 15 is 0 Å². The summed E-state index contributed by atoms with van der Waals surface area (Å²) in [5.41, 5.74) is 0. The summed E-state index contributed by atoms with van der Waals surface area (Å²) in [6.45, 7) is 2.37. The summed E-state index contributed by atoms with van der Waals surface area (Å²) in [6, 6.07) is 5.05. The molecule has 0 aromatic heterocycles. The van der Waals surface area contributed by atoms with Crippen LogP contribution in [0, 0.1) is 0 Å². The van der Waals surface area contributed by atoms with Crippen molar-refractivity contribution in [3.8, 4) is 5.75 Å². The van der Waals surface area contributed by atoms with Gasteiger partial charge in [0.1, 0.15) is 5.75 Å². The van der Waals surface area contributed by atoms with Gasteiger partial charge in [0.05, 0.1) is 18.1 Å². The predicted octanol–water partition coefficient (Wildman–Crippen LogP) is 3.97. The van der Waals surface area contributed by atoms with E-state index in [4.69, 9.17) is 33.0 Å². The van der Waals surface area contributed by atoms with Crippen LogP contribution in [-0.4, -0.2) is 28.7 Å². The Hall–Kier alpha value is -0.580. The summed E-state index contributed by atoms with van der Waals surface area (Å²) in [4.78, 5) is 10.5. The van der Waals surface area contributed by atoms with E-state index in [0.29, 0.717) is 28.2 Å². The zero-order valence-electron chi connectivity index (χ0n) is 9.86. The molecule has 3 nitrogen and oxygen atoms in total. The van der Waals surface area contributed by atoms with E-state index in [-0.39, 0.29) is 11.7 Å². The average Bonchev–Trinajstić information content (AvgIpc) is 2.25. The van der Waals surface area contributed by atoms with Gasteiger partial charge in [-0.2, -0.15) is 11.8 Å². The molecule has 0 amide bonds. The van der Waals surface area contributed by atoms with E-state index in [0.717, 1.165) is 0 Å². The SMILES string of the molecule is CC(CC(=O)O)SCCOc1ccc(Cl)cc1Cl. The van der Waals surface area contributed by atoms with Crippen molar-refractivity contribution >= 4 is 40.9 Å². The molecule has 0 radical (unpaired) electrons. The first-order valence-corrected chi connectivity index (χ1v) is 7.20. The predicted molar refractivity (Wildman–Crippen MR) is 76.1 cm³/mol. The molecule has 0 saturated carbocycles. The first-order chi connectivity index (χ1) is 8.49. The molecule has 0 aliphatic rings. The number of carbonyl (C=O) groups is 1. The summed E-state index contributed by atoms with van der Waals surface area (Å²) in [6.07, 6.45) is 0.159. The first kappa shape index (κ1) is 15.5. The van der Waals surface area contributed by atoms with E-state index in [1.165, 1.54) is 0 Å². The van der Waals surface area contributed by atoms with Gasteiger partial charge < -0.3 is 9.84 Å². The Balaban J connectivity index is 2.27. The number of rotatable bonds is 7. The van der Waals surface area contributed by atoms with Crippen molar-refractivity contribution < 1.29 is 14.6 Å². The molecule has 0 heterocycles. The van der Waals surface area contributed by atoms with Crippen molar-refractivity contribution in [2.24, 2.45) is 0 Å². The van der Waals surface area contributed by atoms with E-state index in [1.807, 2.05) is 6.92 Å². The van der Waals surface area contributed by atoms with Gasteiger partial charge >= 0.3 is 5.97 Å². The zero-order valence-corrected chi connectivity index (χ0v) is 12.2. The molecule has 1 aromatic carbocycles. The van der Waals surface area contributed by atoms with Gasteiger partial charge in [-0.25, -0.2) is 0 Å². The molecule has 0 fully saturated rings. The highest BCUT2D eigenvalue weighted by Crippen LogP contribution is 2.27. The summed E-state index contributed by atoms with van der Waals surface area (Å²) < 4.78 is 5.49. The van der Waals surface area contributed by atoms with Crippen LogP contribution in [0.3, 0.4) is 0 Å². The number of halogens is 2. The van der Waals surface area contributed by atoms with E-state index in [1.54, 1.807) is 30.0 Å². The minimum Gasteiger partial charge on any atom is -0.491 e. The molecule has 1 rings (SSSR count). The number of carboxylic acid groups (broad SMARTS) is 1. The molecule has 0 aliphatic carbocycles. The highest BCUT2D eigenvalue weighted by molar-refractivity contribution is 7.99.